The summed E-state index contributed by atoms with van der Waals surface area (Å²) in [5.41, 5.74) is 8.89. The van der Waals surface area contributed by atoms with E-state index >= 15 is 0 Å². The van der Waals surface area contributed by atoms with Crippen molar-refractivity contribution in [3.8, 4) is 11.1 Å². The normalized spacial score (nSPS) is 10.1. The Labute approximate surface area is 123 Å². The quantitative estimate of drug-likeness (QED) is 0.297. The third kappa shape index (κ3) is 5.22. The summed E-state index contributed by atoms with van der Waals surface area (Å²) in [6.07, 6.45) is 0. The van der Waals surface area contributed by atoms with Gasteiger partial charge in [0.15, 0.2) is 0 Å². The van der Waals surface area contributed by atoms with Crippen molar-refractivity contribution < 1.29 is 10.5 Å². The standard InChI is InChI=1S/C15H18N2S.H2O2/c1-11(2)17-18-15-9-5-13(6-10-15)12-3-7-14(16)8-4-12;1-2/h3-11,17H,16H2,1-2H3;1-2H. The second-order valence-corrected chi connectivity index (χ2v) is 5.43. The lowest BCUT2D eigenvalue weighted by Crippen LogP contribution is -2.13. The van der Waals surface area contributed by atoms with Crippen molar-refractivity contribution in [2.75, 3.05) is 5.73 Å². The highest BCUT2D eigenvalue weighted by molar-refractivity contribution is 7.97. The molecule has 0 aliphatic rings. The highest BCUT2D eigenvalue weighted by atomic mass is 32.2. The van der Waals surface area contributed by atoms with Gasteiger partial charge in [-0.3, -0.25) is 15.2 Å². The van der Waals surface area contributed by atoms with Crippen LogP contribution >= 0.6 is 11.9 Å². The summed E-state index contributed by atoms with van der Waals surface area (Å²) in [7, 11) is 0. The molecule has 4 nitrogen and oxygen atoms in total. The minimum absolute atomic E-state index is 0.478. The molecule has 2 aromatic rings. The Balaban J connectivity index is 0.000000956. The third-order valence-corrected chi connectivity index (χ3v) is 3.61. The molecule has 0 bridgehead atoms. The van der Waals surface area contributed by atoms with Crippen molar-refractivity contribution in [2.45, 2.75) is 24.8 Å². The maximum absolute atomic E-state index is 6.00. The van der Waals surface area contributed by atoms with Gasteiger partial charge < -0.3 is 5.73 Å². The smallest absolute Gasteiger partial charge is 0.0314 e. The zero-order chi connectivity index (χ0) is 15.0. The molecule has 0 spiro atoms. The molecular weight excluding hydrogens is 272 g/mol. The number of hydrogen-bond donors (Lipinski definition) is 4. The van der Waals surface area contributed by atoms with E-state index in [2.05, 4.69) is 42.8 Å². The third-order valence-electron chi connectivity index (χ3n) is 2.51. The van der Waals surface area contributed by atoms with Gasteiger partial charge in [-0.25, -0.2) is 0 Å². The summed E-state index contributed by atoms with van der Waals surface area (Å²) < 4.78 is 3.33. The van der Waals surface area contributed by atoms with Gasteiger partial charge in [-0.2, -0.15) is 0 Å². The molecule has 0 aliphatic heterocycles. The van der Waals surface area contributed by atoms with E-state index in [-0.39, 0.29) is 0 Å². The summed E-state index contributed by atoms with van der Waals surface area (Å²) in [6.45, 7) is 4.27. The van der Waals surface area contributed by atoms with Gasteiger partial charge in [0.05, 0.1) is 0 Å². The van der Waals surface area contributed by atoms with E-state index in [1.807, 2.05) is 24.3 Å². The maximum atomic E-state index is 6.00. The lowest BCUT2D eigenvalue weighted by atomic mass is 10.1. The molecule has 20 heavy (non-hydrogen) atoms. The van der Waals surface area contributed by atoms with Gasteiger partial charge in [-0.1, -0.05) is 24.3 Å². The molecule has 2 rings (SSSR count). The van der Waals surface area contributed by atoms with Gasteiger partial charge in [0, 0.05) is 16.6 Å². The van der Waals surface area contributed by atoms with Crippen LogP contribution in [0.25, 0.3) is 11.1 Å². The molecule has 0 aliphatic carbocycles. The molecule has 5 heteroatoms. The highest BCUT2D eigenvalue weighted by Crippen LogP contribution is 2.23. The highest BCUT2D eigenvalue weighted by Gasteiger charge is 1.99. The predicted molar refractivity (Wildman–Crippen MR) is 85.7 cm³/mol. The molecule has 0 heterocycles. The first-order valence-corrected chi connectivity index (χ1v) is 7.05. The molecule has 5 N–H and O–H groups in total. The number of nitrogens with two attached hydrogens (primary N) is 1. The van der Waals surface area contributed by atoms with Gasteiger partial charge in [0.25, 0.3) is 0 Å². The van der Waals surface area contributed by atoms with Crippen LogP contribution in [0.4, 0.5) is 5.69 Å². The summed E-state index contributed by atoms with van der Waals surface area (Å²) >= 11 is 1.66. The summed E-state index contributed by atoms with van der Waals surface area (Å²) in [6, 6.07) is 17.0. The second kappa shape index (κ2) is 8.60. The fourth-order valence-corrected chi connectivity index (χ4v) is 2.22. The minimum atomic E-state index is 0.478. The molecule has 0 atom stereocenters. The van der Waals surface area contributed by atoms with Crippen LogP contribution in [0.1, 0.15) is 13.8 Å². The van der Waals surface area contributed by atoms with Crippen molar-refractivity contribution in [3.63, 3.8) is 0 Å². The minimum Gasteiger partial charge on any atom is -0.399 e. The summed E-state index contributed by atoms with van der Waals surface area (Å²) in [4.78, 5) is 1.22. The van der Waals surface area contributed by atoms with Crippen molar-refractivity contribution in [1.82, 2.24) is 4.72 Å². The molecule has 108 valence electrons. The van der Waals surface area contributed by atoms with Gasteiger partial charge in [-0.15, -0.1) is 0 Å². The molecule has 2 aromatic carbocycles. The summed E-state index contributed by atoms with van der Waals surface area (Å²) in [5.74, 6) is 0. The van der Waals surface area contributed by atoms with E-state index in [4.69, 9.17) is 16.2 Å². The molecule has 0 saturated carbocycles. The first-order chi connectivity index (χ1) is 9.65. The molecular formula is C15H20N2O2S. The molecule has 0 amide bonds. The lowest BCUT2D eigenvalue weighted by molar-refractivity contribution is -0.176. The monoisotopic (exact) mass is 292 g/mol. The van der Waals surface area contributed by atoms with Crippen LogP contribution in [-0.2, 0) is 0 Å². The first kappa shape index (κ1) is 16.5. The van der Waals surface area contributed by atoms with Gasteiger partial charge in [0.2, 0.25) is 0 Å². The molecule has 0 radical (unpaired) electrons. The molecule has 0 saturated heterocycles. The SMILES string of the molecule is CC(C)NSc1ccc(-c2ccc(N)cc2)cc1.OO. The van der Waals surface area contributed by atoms with Gasteiger partial charge >= 0.3 is 0 Å². The van der Waals surface area contributed by atoms with E-state index in [1.165, 1.54) is 16.0 Å². The van der Waals surface area contributed by atoms with E-state index < -0.39 is 0 Å². The first-order valence-electron chi connectivity index (χ1n) is 6.23. The Bertz CT molecular complexity index is 498. The van der Waals surface area contributed by atoms with Crippen LogP contribution in [-0.4, -0.2) is 16.6 Å². The topological polar surface area (TPSA) is 78.5 Å². The number of hydrogen-bond acceptors (Lipinski definition) is 5. The Morgan fingerprint density at radius 2 is 1.35 bits per heavy atom. The number of rotatable bonds is 4. The fraction of sp³-hybridized carbons (Fsp3) is 0.200. The number of nitrogen functional groups attached to an aromatic ring is 1. The van der Waals surface area contributed by atoms with E-state index in [1.54, 1.807) is 11.9 Å². The summed E-state index contributed by atoms with van der Waals surface area (Å²) in [5, 5.41) is 12.0. The Morgan fingerprint density at radius 3 is 1.80 bits per heavy atom. The predicted octanol–water partition coefficient (Wildman–Crippen LogP) is 3.96. The van der Waals surface area contributed by atoms with E-state index in [9.17, 15) is 0 Å². The Hall–Kier alpha value is -1.53. The average Bonchev–Trinajstić information content (AvgIpc) is 2.49. The maximum Gasteiger partial charge on any atom is 0.0314 e. The van der Waals surface area contributed by atoms with Crippen LogP contribution in [0, 0.1) is 0 Å². The lowest BCUT2D eigenvalue weighted by Gasteiger charge is -2.08. The van der Waals surface area contributed by atoms with Crippen molar-refractivity contribution in [2.24, 2.45) is 0 Å². The zero-order valence-corrected chi connectivity index (χ0v) is 12.4. The van der Waals surface area contributed by atoms with Crippen molar-refractivity contribution in [1.29, 1.82) is 0 Å². The van der Waals surface area contributed by atoms with Crippen LogP contribution in [0.15, 0.2) is 53.4 Å². The van der Waals surface area contributed by atoms with Crippen molar-refractivity contribution in [3.05, 3.63) is 48.5 Å². The van der Waals surface area contributed by atoms with E-state index in [0.29, 0.717) is 6.04 Å². The Morgan fingerprint density at radius 1 is 0.900 bits per heavy atom. The number of anilines is 1. The van der Waals surface area contributed by atoms with Crippen LogP contribution in [0.2, 0.25) is 0 Å². The zero-order valence-electron chi connectivity index (χ0n) is 11.6. The van der Waals surface area contributed by atoms with Crippen LogP contribution in [0.5, 0.6) is 0 Å². The second-order valence-electron chi connectivity index (χ2n) is 4.52. The van der Waals surface area contributed by atoms with Crippen molar-refractivity contribution >= 4 is 17.6 Å². The fourth-order valence-electron chi connectivity index (χ4n) is 1.58. The molecule has 0 unspecified atom stereocenters. The van der Waals surface area contributed by atoms with Crippen LogP contribution in [0.3, 0.4) is 0 Å². The van der Waals surface area contributed by atoms with E-state index in [0.717, 1.165) is 5.69 Å². The largest absolute Gasteiger partial charge is 0.399 e. The molecule has 0 aromatic heterocycles. The molecule has 0 fully saturated rings. The average molecular weight is 292 g/mol. The number of benzene rings is 2. The van der Waals surface area contributed by atoms with Gasteiger partial charge in [0.1, 0.15) is 0 Å². The Kier molecular flexibility index (Phi) is 7.11. The van der Waals surface area contributed by atoms with Gasteiger partial charge in [-0.05, 0) is 61.2 Å². The van der Waals surface area contributed by atoms with Crippen LogP contribution < -0.4 is 10.5 Å². The number of nitrogens with one attached hydrogen (secondary N) is 1.